The zero-order chi connectivity index (χ0) is 21.8. The summed E-state index contributed by atoms with van der Waals surface area (Å²) in [6.45, 7) is 2.53. The van der Waals surface area contributed by atoms with E-state index in [4.69, 9.17) is 4.74 Å². The van der Waals surface area contributed by atoms with Crippen LogP contribution in [0, 0.1) is 10.1 Å². The van der Waals surface area contributed by atoms with Crippen LogP contribution in [-0.2, 0) is 0 Å². The van der Waals surface area contributed by atoms with E-state index in [9.17, 15) is 14.9 Å². The van der Waals surface area contributed by atoms with Gasteiger partial charge < -0.3 is 4.74 Å². The summed E-state index contributed by atoms with van der Waals surface area (Å²) in [7, 11) is 0. The van der Waals surface area contributed by atoms with Gasteiger partial charge >= 0.3 is 0 Å². The number of carbonyl (C=O) groups is 1. The number of aromatic nitrogens is 3. The van der Waals surface area contributed by atoms with E-state index in [-0.39, 0.29) is 11.4 Å². The fourth-order valence-electron chi connectivity index (χ4n) is 2.85. The Morgan fingerprint density at radius 1 is 1.23 bits per heavy atom. The molecule has 0 saturated carbocycles. The van der Waals surface area contributed by atoms with E-state index in [0.29, 0.717) is 17.4 Å². The summed E-state index contributed by atoms with van der Waals surface area (Å²) in [5.74, 6) is 0.367. The van der Waals surface area contributed by atoms with Gasteiger partial charge in [-0.05, 0) is 43.3 Å². The maximum absolute atomic E-state index is 12.6. The zero-order valence-electron chi connectivity index (χ0n) is 16.4. The van der Waals surface area contributed by atoms with Gasteiger partial charge in [-0.25, -0.2) is 9.67 Å². The summed E-state index contributed by atoms with van der Waals surface area (Å²) in [5.41, 5.74) is 2.26. The SMILES string of the molecule is CCOc1ccc(-c2csc(NC(=O)c3ccn(-c4cccc([N+](=O)[O-])c4)n3)n2)cc1. The number of hydrogen-bond donors (Lipinski definition) is 1. The molecule has 0 fully saturated rings. The Morgan fingerprint density at radius 2 is 2.03 bits per heavy atom. The van der Waals surface area contributed by atoms with E-state index < -0.39 is 10.8 Å². The molecule has 9 nitrogen and oxygen atoms in total. The second kappa shape index (κ2) is 8.76. The number of amides is 1. The van der Waals surface area contributed by atoms with Gasteiger partial charge in [-0.1, -0.05) is 6.07 Å². The van der Waals surface area contributed by atoms with E-state index in [1.165, 1.54) is 34.2 Å². The quantitative estimate of drug-likeness (QED) is 0.336. The van der Waals surface area contributed by atoms with Crippen molar-refractivity contribution in [1.82, 2.24) is 14.8 Å². The van der Waals surface area contributed by atoms with Crippen LogP contribution in [-0.4, -0.2) is 32.2 Å². The molecule has 0 bridgehead atoms. The maximum atomic E-state index is 12.6. The van der Waals surface area contributed by atoms with Crippen LogP contribution < -0.4 is 10.1 Å². The molecule has 1 amide bonds. The number of anilines is 1. The summed E-state index contributed by atoms with van der Waals surface area (Å²) in [4.78, 5) is 27.5. The number of thiazole rings is 1. The first kappa shape index (κ1) is 20.2. The standard InChI is InChI=1S/C21H17N5O4S/c1-2-30-17-8-6-14(7-9-17)19-13-31-21(22-19)23-20(27)18-10-11-25(24-18)15-4-3-5-16(12-15)26(28)29/h3-13H,2H2,1H3,(H,22,23,27). The van der Waals surface area contributed by atoms with Gasteiger partial charge in [-0.2, -0.15) is 5.10 Å². The van der Waals surface area contributed by atoms with Gasteiger partial charge in [-0.15, -0.1) is 11.3 Å². The van der Waals surface area contributed by atoms with Gasteiger partial charge in [0.2, 0.25) is 0 Å². The molecule has 2 aromatic carbocycles. The molecule has 2 heterocycles. The fraction of sp³-hybridized carbons (Fsp3) is 0.0952. The lowest BCUT2D eigenvalue weighted by Gasteiger charge is -2.03. The van der Waals surface area contributed by atoms with Crippen molar-refractivity contribution in [3.05, 3.63) is 82.0 Å². The number of nitrogens with zero attached hydrogens (tertiary/aromatic N) is 4. The smallest absolute Gasteiger partial charge is 0.277 e. The van der Waals surface area contributed by atoms with Crippen molar-refractivity contribution in [2.24, 2.45) is 0 Å². The second-order valence-electron chi connectivity index (χ2n) is 6.37. The Hall–Kier alpha value is -4.05. The minimum Gasteiger partial charge on any atom is -0.494 e. The van der Waals surface area contributed by atoms with E-state index in [0.717, 1.165) is 17.0 Å². The van der Waals surface area contributed by atoms with Crippen LogP contribution in [0.2, 0.25) is 0 Å². The number of non-ortho nitro benzene ring substituents is 1. The third-order valence-corrected chi connectivity index (χ3v) is 5.07. The number of nitro benzene ring substituents is 1. The van der Waals surface area contributed by atoms with Crippen molar-refractivity contribution in [2.75, 3.05) is 11.9 Å². The predicted molar refractivity (Wildman–Crippen MR) is 117 cm³/mol. The largest absolute Gasteiger partial charge is 0.494 e. The summed E-state index contributed by atoms with van der Waals surface area (Å²) in [6.07, 6.45) is 1.57. The van der Waals surface area contributed by atoms with Crippen molar-refractivity contribution in [2.45, 2.75) is 6.92 Å². The van der Waals surface area contributed by atoms with Crippen LogP contribution in [0.1, 0.15) is 17.4 Å². The molecule has 0 aliphatic rings. The average molecular weight is 435 g/mol. The summed E-state index contributed by atoms with van der Waals surface area (Å²) in [5, 5.41) is 20.2. The first-order valence-electron chi connectivity index (χ1n) is 9.34. The van der Waals surface area contributed by atoms with Crippen LogP contribution in [0.5, 0.6) is 5.75 Å². The molecule has 31 heavy (non-hydrogen) atoms. The van der Waals surface area contributed by atoms with Gasteiger partial charge in [0.1, 0.15) is 5.75 Å². The molecule has 0 radical (unpaired) electrons. The normalized spacial score (nSPS) is 10.6. The molecule has 0 saturated heterocycles. The molecule has 1 N–H and O–H groups in total. The number of nitrogens with one attached hydrogen (secondary N) is 1. The number of hydrogen-bond acceptors (Lipinski definition) is 7. The Kier molecular flexibility index (Phi) is 5.72. The highest BCUT2D eigenvalue weighted by Crippen LogP contribution is 2.27. The first-order chi connectivity index (χ1) is 15.0. The molecule has 0 aliphatic heterocycles. The van der Waals surface area contributed by atoms with Crippen LogP contribution in [0.4, 0.5) is 10.8 Å². The molecule has 4 aromatic rings. The van der Waals surface area contributed by atoms with E-state index in [1.54, 1.807) is 18.3 Å². The molecule has 156 valence electrons. The predicted octanol–water partition coefficient (Wildman–Crippen LogP) is 4.56. The van der Waals surface area contributed by atoms with Crippen LogP contribution in [0.25, 0.3) is 16.9 Å². The Bertz CT molecular complexity index is 1230. The minimum atomic E-state index is -0.481. The lowest BCUT2D eigenvalue weighted by atomic mass is 10.2. The maximum Gasteiger partial charge on any atom is 0.277 e. The van der Waals surface area contributed by atoms with E-state index >= 15 is 0 Å². The molecule has 0 spiro atoms. The molecule has 0 aliphatic carbocycles. The van der Waals surface area contributed by atoms with Crippen molar-refractivity contribution in [3.63, 3.8) is 0 Å². The van der Waals surface area contributed by atoms with Crippen LogP contribution in [0.3, 0.4) is 0 Å². The molecule has 0 atom stereocenters. The fourth-order valence-corrected chi connectivity index (χ4v) is 3.57. The summed E-state index contributed by atoms with van der Waals surface area (Å²) in [6, 6.07) is 15.1. The highest BCUT2D eigenvalue weighted by atomic mass is 32.1. The zero-order valence-corrected chi connectivity index (χ0v) is 17.2. The third kappa shape index (κ3) is 4.59. The van der Waals surface area contributed by atoms with Gasteiger partial charge in [0.05, 0.1) is 22.9 Å². The summed E-state index contributed by atoms with van der Waals surface area (Å²) >= 11 is 1.31. The van der Waals surface area contributed by atoms with Crippen molar-refractivity contribution in [3.8, 4) is 22.7 Å². The van der Waals surface area contributed by atoms with Crippen LogP contribution >= 0.6 is 11.3 Å². The van der Waals surface area contributed by atoms with E-state index in [1.807, 2.05) is 36.6 Å². The third-order valence-electron chi connectivity index (χ3n) is 4.31. The number of nitro groups is 1. The highest BCUT2D eigenvalue weighted by molar-refractivity contribution is 7.14. The van der Waals surface area contributed by atoms with Crippen molar-refractivity contribution >= 4 is 28.1 Å². The topological polar surface area (TPSA) is 112 Å². The molecular formula is C21H17N5O4S. The average Bonchev–Trinajstić information content (AvgIpc) is 3.45. The number of rotatable bonds is 7. The molecular weight excluding hydrogens is 418 g/mol. The molecule has 2 aromatic heterocycles. The van der Waals surface area contributed by atoms with Gasteiger partial charge in [0.15, 0.2) is 10.8 Å². The second-order valence-corrected chi connectivity index (χ2v) is 7.23. The minimum absolute atomic E-state index is 0.0522. The first-order valence-corrected chi connectivity index (χ1v) is 10.2. The highest BCUT2D eigenvalue weighted by Gasteiger charge is 2.14. The van der Waals surface area contributed by atoms with Crippen LogP contribution in [0.15, 0.2) is 66.2 Å². The Morgan fingerprint density at radius 3 is 2.77 bits per heavy atom. The number of benzene rings is 2. The van der Waals surface area contributed by atoms with Gasteiger partial charge in [0.25, 0.3) is 11.6 Å². The lowest BCUT2D eigenvalue weighted by molar-refractivity contribution is -0.384. The molecule has 10 heteroatoms. The monoisotopic (exact) mass is 435 g/mol. The van der Waals surface area contributed by atoms with Gasteiger partial charge in [-0.3, -0.25) is 20.2 Å². The number of ether oxygens (including phenoxy) is 1. The lowest BCUT2D eigenvalue weighted by Crippen LogP contribution is -2.13. The molecule has 0 unspecified atom stereocenters. The Balaban J connectivity index is 1.46. The Labute approximate surface area is 181 Å². The van der Waals surface area contributed by atoms with E-state index in [2.05, 4.69) is 15.4 Å². The van der Waals surface area contributed by atoms with Crippen molar-refractivity contribution < 1.29 is 14.5 Å². The number of carbonyl (C=O) groups excluding carboxylic acids is 1. The van der Waals surface area contributed by atoms with Crippen molar-refractivity contribution in [1.29, 1.82) is 0 Å². The molecule has 4 rings (SSSR count). The van der Waals surface area contributed by atoms with Gasteiger partial charge in [0, 0.05) is 29.3 Å². The summed E-state index contributed by atoms with van der Waals surface area (Å²) < 4.78 is 6.85.